The summed E-state index contributed by atoms with van der Waals surface area (Å²) in [5, 5.41) is 24.7. The molecule has 0 saturated carbocycles. The second-order valence-electron chi connectivity index (χ2n) is 14.1. The summed E-state index contributed by atoms with van der Waals surface area (Å²) in [6.07, 6.45) is 0.664. The normalized spacial score (nSPS) is 19.1. The molecular formula is C45H45N5O8S. The number of thiophene rings is 1. The lowest BCUT2D eigenvalue weighted by molar-refractivity contribution is -0.138. The summed E-state index contributed by atoms with van der Waals surface area (Å²) >= 11 is 1.42. The molecule has 4 aromatic carbocycles. The Morgan fingerprint density at radius 1 is 0.661 bits per heavy atom. The Kier molecular flexibility index (Phi) is 14.6. The molecule has 2 aliphatic heterocycles. The minimum Gasteiger partial charge on any atom is -0.484 e. The number of benzene rings is 4. The van der Waals surface area contributed by atoms with Crippen molar-refractivity contribution in [2.24, 2.45) is 0 Å². The van der Waals surface area contributed by atoms with Gasteiger partial charge in [0, 0.05) is 24.1 Å². The minimum absolute atomic E-state index is 0.0284. The third-order valence-electron chi connectivity index (χ3n) is 9.75. The Labute approximate surface area is 345 Å². The molecule has 59 heavy (non-hydrogen) atoms. The van der Waals surface area contributed by atoms with Crippen LogP contribution in [0.25, 0.3) is 11.1 Å². The maximum Gasteiger partial charge on any atom is 0.322 e. The number of hydrogen-bond acceptors (Lipinski definition) is 8. The number of aliphatic carboxylic acids is 1. The lowest BCUT2D eigenvalue weighted by Gasteiger charge is -2.27. The molecule has 14 heteroatoms. The molecule has 3 heterocycles. The first-order chi connectivity index (χ1) is 28.6. The van der Waals surface area contributed by atoms with Gasteiger partial charge in [0.25, 0.3) is 5.91 Å². The lowest BCUT2D eigenvalue weighted by Crippen LogP contribution is -2.59. The fraction of sp³-hybridized carbons (Fsp3) is 0.244. The van der Waals surface area contributed by atoms with Gasteiger partial charge in [-0.05, 0) is 64.2 Å². The van der Waals surface area contributed by atoms with Gasteiger partial charge in [-0.2, -0.15) is 0 Å². The van der Waals surface area contributed by atoms with Crippen LogP contribution in [0.2, 0.25) is 0 Å². The minimum atomic E-state index is -1.26. The number of aryl methyl sites for hydroxylation is 1. The number of carbonyl (C=O) groups is 6. The predicted molar refractivity (Wildman–Crippen MR) is 222 cm³/mol. The van der Waals surface area contributed by atoms with Crippen molar-refractivity contribution in [1.29, 1.82) is 0 Å². The SMILES string of the molecule is O=C(O)CNC(=O)[C@@H]1Cc2ccc(cc2)OCC(=O)N[C@H](Cc2cccs2)C(=O)N[C@@H](Cc2ccc(-c3ccccc3)cc2)C(=O)N[C@H](CCc2ccccc2)C(=O)N1. The van der Waals surface area contributed by atoms with Gasteiger partial charge in [0.15, 0.2) is 6.61 Å². The van der Waals surface area contributed by atoms with Gasteiger partial charge >= 0.3 is 5.97 Å². The average molecular weight is 816 g/mol. The van der Waals surface area contributed by atoms with E-state index in [1.54, 1.807) is 24.3 Å². The first-order valence-corrected chi connectivity index (χ1v) is 20.1. The van der Waals surface area contributed by atoms with Gasteiger partial charge in [0.2, 0.25) is 23.6 Å². The Bertz CT molecular complexity index is 2200. The van der Waals surface area contributed by atoms with Crippen LogP contribution < -0.4 is 31.3 Å². The molecule has 6 N–H and O–H groups in total. The Balaban J connectivity index is 1.34. The standard InChI is InChI=1S/C45H45N5O8S/c51-40-28-58-34-20-15-31(16-21-34)24-37(42(54)46-27-41(52)53)49-43(55)36(22-17-29-8-3-1-4-9-29)48-44(56)38(50-45(57)39(47-40)26-35-12-7-23-59-35)25-30-13-18-33(19-14-30)32-10-5-2-6-11-32/h1-16,18-21,23,36-39H,17,22,24-28H2,(H,46,54)(H,47,51)(H,48,56)(H,49,55)(H,50,57)(H,52,53)/t36-,37+,38+,39-/m1/s1. The maximum atomic E-state index is 14.5. The summed E-state index contributed by atoms with van der Waals surface area (Å²) in [6.45, 7) is -1.08. The van der Waals surface area contributed by atoms with Crippen LogP contribution in [0.4, 0.5) is 0 Å². The van der Waals surface area contributed by atoms with Crippen LogP contribution in [0.15, 0.2) is 127 Å². The molecule has 0 radical (unpaired) electrons. The van der Waals surface area contributed by atoms with Gasteiger partial charge in [-0.1, -0.05) is 103 Å². The van der Waals surface area contributed by atoms with Gasteiger partial charge in [0.1, 0.15) is 36.5 Å². The molecule has 0 saturated heterocycles. The van der Waals surface area contributed by atoms with Crippen molar-refractivity contribution >= 4 is 46.8 Å². The van der Waals surface area contributed by atoms with E-state index in [9.17, 15) is 33.9 Å². The highest BCUT2D eigenvalue weighted by atomic mass is 32.1. The predicted octanol–water partition coefficient (Wildman–Crippen LogP) is 3.61. The van der Waals surface area contributed by atoms with E-state index >= 15 is 0 Å². The second kappa shape index (κ2) is 20.6. The number of ether oxygens (including phenoxy) is 1. The number of nitrogens with one attached hydrogen (secondary N) is 5. The zero-order valence-corrected chi connectivity index (χ0v) is 32.9. The van der Waals surface area contributed by atoms with Crippen molar-refractivity contribution in [3.05, 3.63) is 148 Å². The zero-order chi connectivity index (χ0) is 41.6. The quantitative estimate of drug-likeness (QED) is 0.109. The van der Waals surface area contributed by atoms with Crippen molar-refractivity contribution in [2.75, 3.05) is 13.2 Å². The van der Waals surface area contributed by atoms with Gasteiger partial charge < -0.3 is 36.4 Å². The fourth-order valence-electron chi connectivity index (χ4n) is 6.63. The largest absolute Gasteiger partial charge is 0.484 e. The third kappa shape index (κ3) is 12.6. The number of hydrogen-bond donors (Lipinski definition) is 6. The van der Waals surface area contributed by atoms with Gasteiger partial charge in [-0.25, -0.2) is 0 Å². The molecule has 304 valence electrons. The molecule has 4 atom stereocenters. The Morgan fingerprint density at radius 2 is 1.29 bits per heavy atom. The van der Waals surface area contributed by atoms with Crippen molar-refractivity contribution in [3.8, 4) is 16.9 Å². The van der Waals surface area contributed by atoms with Crippen LogP contribution in [0.3, 0.4) is 0 Å². The molecule has 5 aromatic rings. The van der Waals surface area contributed by atoms with E-state index in [2.05, 4.69) is 26.6 Å². The first-order valence-electron chi connectivity index (χ1n) is 19.2. The van der Waals surface area contributed by atoms with E-state index in [4.69, 9.17) is 4.74 Å². The smallest absolute Gasteiger partial charge is 0.322 e. The molecule has 0 unspecified atom stereocenters. The van der Waals surface area contributed by atoms with Crippen molar-refractivity contribution in [2.45, 2.75) is 56.3 Å². The monoisotopic (exact) mass is 815 g/mol. The highest BCUT2D eigenvalue weighted by Gasteiger charge is 2.32. The topological polar surface area (TPSA) is 192 Å². The number of amides is 5. The molecular weight excluding hydrogens is 771 g/mol. The summed E-state index contributed by atoms with van der Waals surface area (Å²) in [7, 11) is 0. The van der Waals surface area contributed by atoms with E-state index in [0.717, 1.165) is 27.1 Å². The summed E-state index contributed by atoms with van der Waals surface area (Å²) < 4.78 is 5.73. The highest BCUT2D eigenvalue weighted by molar-refractivity contribution is 7.09. The average Bonchev–Trinajstić information content (AvgIpc) is 3.77. The van der Waals surface area contributed by atoms with E-state index in [-0.39, 0.29) is 25.7 Å². The van der Waals surface area contributed by atoms with Crippen LogP contribution in [0, 0.1) is 0 Å². The molecule has 2 bridgehead atoms. The van der Waals surface area contributed by atoms with Crippen molar-refractivity contribution in [3.63, 3.8) is 0 Å². The highest BCUT2D eigenvalue weighted by Crippen LogP contribution is 2.21. The zero-order valence-electron chi connectivity index (χ0n) is 32.1. The number of carboxylic acid groups (broad SMARTS) is 1. The van der Waals surface area contributed by atoms with Crippen LogP contribution in [0.1, 0.15) is 28.0 Å². The van der Waals surface area contributed by atoms with Crippen molar-refractivity contribution < 1.29 is 38.6 Å². The van der Waals surface area contributed by atoms with Gasteiger partial charge in [-0.3, -0.25) is 28.8 Å². The molecule has 2 aliphatic rings. The number of carbonyl (C=O) groups excluding carboxylic acids is 5. The molecule has 7 rings (SSSR count). The molecule has 0 spiro atoms. The van der Waals surface area contributed by atoms with Crippen LogP contribution in [0.5, 0.6) is 5.75 Å². The Morgan fingerprint density at radius 3 is 1.95 bits per heavy atom. The van der Waals surface area contributed by atoms with Crippen LogP contribution >= 0.6 is 11.3 Å². The molecule has 0 aliphatic carbocycles. The van der Waals surface area contributed by atoms with Gasteiger partial charge in [0.05, 0.1) is 0 Å². The van der Waals surface area contributed by atoms with E-state index < -0.39 is 72.8 Å². The molecule has 13 nitrogen and oxygen atoms in total. The first kappa shape index (κ1) is 41.8. The van der Waals surface area contributed by atoms with E-state index in [0.29, 0.717) is 17.7 Å². The summed E-state index contributed by atoms with van der Waals surface area (Å²) in [5.41, 5.74) is 4.19. The van der Waals surface area contributed by atoms with Crippen LogP contribution in [-0.2, 0) is 54.5 Å². The maximum absolute atomic E-state index is 14.5. The molecule has 1 aromatic heterocycles. The second-order valence-corrected chi connectivity index (χ2v) is 15.2. The fourth-order valence-corrected chi connectivity index (χ4v) is 7.38. The lowest BCUT2D eigenvalue weighted by atomic mass is 9.99. The number of carboxylic acids is 1. The summed E-state index contributed by atoms with van der Waals surface area (Å²) in [4.78, 5) is 81.7. The Hall–Kier alpha value is -6.80. The number of rotatable bonds is 11. The van der Waals surface area contributed by atoms with Crippen LogP contribution in [-0.4, -0.2) is 77.9 Å². The van der Waals surface area contributed by atoms with Crippen molar-refractivity contribution in [1.82, 2.24) is 26.6 Å². The number of fused-ring (bicyclic) bond motifs is 16. The third-order valence-corrected chi connectivity index (χ3v) is 10.6. The molecule has 0 fully saturated rings. The van der Waals surface area contributed by atoms with Gasteiger partial charge in [-0.15, -0.1) is 11.3 Å². The van der Waals surface area contributed by atoms with E-state index in [1.165, 1.54) is 11.3 Å². The molecule has 5 amide bonds. The van der Waals surface area contributed by atoms with E-state index in [1.807, 2.05) is 102 Å². The summed E-state index contributed by atoms with van der Waals surface area (Å²) in [6, 6.07) is 32.2. The summed E-state index contributed by atoms with van der Waals surface area (Å²) in [5.74, 6) is -4.18.